The number of fused-ring (bicyclic) bond motifs is 1. The Bertz CT molecular complexity index is 696. The number of carbonyl (C=O) groups is 2. The fraction of sp³-hybridized carbons (Fsp3) is 0.500. The van der Waals surface area contributed by atoms with Gasteiger partial charge in [0.05, 0.1) is 15.6 Å². The summed E-state index contributed by atoms with van der Waals surface area (Å²) in [6.07, 6.45) is 0. The normalized spacial score (nSPS) is 16.5. The predicted octanol–water partition coefficient (Wildman–Crippen LogP) is 3.69. The molecule has 0 bridgehead atoms. The Balaban J connectivity index is 2.48. The molecule has 0 saturated heterocycles. The summed E-state index contributed by atoms with van der Waals surface area (Å²) in [7, 11) is 0. The van der Waals surface area contributed by atoms with Crippen LogP contribution in [0.4, 0.5) is 14.5 Å². The van der Waals surface area contributed by atoms with Gasteiger partial charge in [-0.05, 0) is 56.6 Å². The number of carbonyl (C=O) groups excluding carboxylic acids is 2. The highest BCUT2D eigenvalue weighted by molar-refractivity contribution is 9.10. The average Bonchev–Trinajstić information content (AvgIpc) is 2.55. The third kappa shape index (κ3) is 3.11. The largest absolute Gasteiger partial charge is 0.459 e. The molecule has 1 aromatic carbocycles. The van der Waals surface area contributed by atoms with Gasteiger partial charge < -0.3 is 4.74 Å². The average molecular weight is 390 g/mol. The molecular formula is C16H18BrF2NO3. The number of hydrogen-bond acceptors (Lipinski definition) is 3. The first-order valence-corrected chi connectivity index (χ1v) is 7.87. The quantitative estimate of drug-likeness (QED) is 0.572. The molecule has 7 heteroatoms. The predicted molar refractivity (Wildman–Crippen MR) is 85.3 cm³/mol. The Morgan fingerprint density at radius 2 is 1.91 bits per heavy atom. The molecule has 1 heterocycles. The maximum Gasteiger partial charge on any atom is 0.326 e. The molecule has 0 fully saturated rings. The Labute approximate surface area is 141 Å². The van der Waals surface area contributed by atoms with E-state index in [9.17, 15) is 18.4 Å². The minimum absolute atomic E-state index is 0.0575. The number of rotatable bonds is 2. The van der Waals surface area contributed by atoms with E-state index in [1.54, 1.807) is 20.8 Å². The summed E-state index contributed by atoms with van der Waals surface area (Å²) < 4.78 is 33.9. The van der Waals surface area contributed by atoms with Crippen molar-refractivity contribution in [2.24, 2.45) is 0 Å². The van der Waals surface area contributed by atoms with Gasteiger partial charge in [-0.3, -0.25) is 14.5 Å². The van der Waals surface area contributed by atoms with Crippen LogP contribution in [0.5, 0.6) is 0 Å². The summed E-state index contributed by atoms with van der Waals surface area (Å²) in [5.41, 5.74) is -2.27. The molecule has 0 spiro atoms. The number of ether oxygens (including phenoxy) is 1. The van der Waals surface area contributed by atoms with Crippen molar-refractivity contribution in [1.82, 2.24) is 0 Å². The lowest BCUT2D eigenvalue weighted by Crippen LogP contribution is -2.41. The highest BCUT2D eigenvalue weighted by Gasteiger charge is 2.49. The van der Waals surface area contributed by atoms with Crippen molar-refractivity contribution in [3.05, 3.63) is 27.7 Å². The van der Waals surface area contributed by atoms with Crippen LogP contribution < -0.4 is 4.90 Å². The van der Waals surface area contributed by atoms with E-state index in [-0.39, 0.29) is 15.7 Å². The molecule has 1 aromatic rings. The maximum atomic E-state index is 14.4. The highest BCUT2D eigenvalue weighted by atomic mass is 79.9. The Morgan fingerprint density at radius 3 is 2.43 bits per heavy atom. The van der Waals surface area contributed by atoms with E-state index >= 15 is 0 Å². The zero-order chi connectivity index (χ0) is 17.7. The number of amides is 1. The number of anilines is 1. The first-order chi connectivity index (χ1) is 10.4. The van der Waals surface area contributed by atoms with Crippen LogP contribution in [0.1, 0.15) is 40.2 Å². The minimum Gasteiger partial charge on any atom is -0.459 e. The molecule has 4 nitrogen and oxygen atoms in total. The Kier molecular flexibility index (Phi) is 4.30. The maximum absolute atomic E-state index is 14.4. The number of hydrogen-bond donors (Lipinski definition) is 0. The summed E-state index contributed by atoms with van der Waals surface area (Å²) in [4.78, 5) is 25.5. The van der Waals surface area contributed by atoms with Crippen molar-refractivity contribution in [2.75, 3.05) is 11.4 Å². The van der Waals surface area contributed by atoms with Gasteiger partial charge in [0.25, 0.3) is 0 Å². The second-order valence-electron chi connectivity index (χ2n) is 6.98. The van der Waals surface area contributed by atoms with Gasteiger partial charge in [-0.2, -0.15) is 0 Å². The van der Waals surface area contributed by atoms with Crippen LogP contribution in [0.15, 0.2) is 10.5 Å². The first-order valence-electron chi connectivity index (χ1n) is 7.08. The number of nitrogens with zero attached hydrogens (tertiary/aromatic N) is 1. The smallest absolute Gasteiger partial charge is 0.326 e. The first kappa shape index (κ1) is 17.8. The molecule has 0 unspecified atom stereocenters. The lowest BCUT2D eigenvalue weighted by molar-refractivity contribution is -0.153. The van der Waals surface area contributed by atoms with Crippen LogP contribution in [-0.4, -0.2) is 24.0 Å². The highest BCUT2D eigenvalue weighted by Crippen LogP contribution is 2.46. The molecule has 1 amide bonds. The molecule has 0 atom stereocenters. The Morgan fingerprint density at radius 1 is 1.35 bits per heavy atom. The van der Waals surface area contributed by atoms with E-state index in [2.05, 4.69) is 15.9 Å². The fourth-order valence-corrected chi connectivity index (χ4v) is 3.02. The Hall–Kier alpha value is -1.50. The zero-order valence-corrected chi connectivity index (χ0v) is 15.2. The molecule has 2 rings (SSSR count). The van der Waals surface area contributed by atoms with Crippen LogP contribution in [0.3, 0.4) is 0 Å². The van der Waals surface area contributed by atoms with E-state index in [0.717, 1.165) is 11.0 Å². The van der Waals surface area contributed by atoms with Crippen LogP contribution >= 0.6 is 15.9 Å². The number of esters is 1. The lowest BCUT2D eigenvalue weighted by atomic mass is 9.86. The third-order valence-electron chi connectivity index (χ3n) is 3.53. The molecule has 23 heavy (non-hydrogen) atoms. The van der Waals surface area contributed by atoms with Crippen LogP contribution in [0, 0.1) is 11.6 Å². The van der Waals surface area contributed by atoms with Crippen molar-refractivity contribution in [3.8, 4) is 0 Å². The van der Waals surface area contributed by atoms with Gasteiger partial charge >= 0.3 is 5.97 Å². The van der Waals surface area contributed by atoms with Gasteiger partial charge in [0.1, 0.15) is 23.8 Å². The van der Waals surface area contributed by atoms with Gasteiger partial charge in [-0.1, -0.05) is 0 Å². The fourth-order valence-electron chi connectivity index (χ4n) is 2.62. The molecule has 0 aliphatic carbocycles. The molecule has 126 valence electrons. The van der Waals surface area contributed by atoms with Crippen molar-refractivity contribution in [3.63, 3.8) is 0 Å². The standard InChI is InChI=1S/C16H18BrF2NO3/c1-15(2,3)23-10(21)7-20-13-9(18)6-8(17)12(19)11(13)16(4,5)14(20)22/h6H,7H2,1-5H3. The summed E-state index contributed by atoms with van der Waals surface area (Å²) in [6.45, 7) is 7.59. The monoisotopic (exact) mass is 389 g/mol. The molecule has 0 aromatic heterocycles. The molecular weight excluding hydrogens is 372 g/mol. The van der Waals surface area contributed by atoms with E-state index in [1.807, 2.05) is 0 Å². The van der Waals surface area contributed by atoms with Crippen LogP contribution in [-0.2, 0) is 19.7 Å². The van der Waals surface area contributed by atoms with Crippen molar-refractivity contribution in [1.29, 1.82) is 0 Å². The second kappa shape index (κ2) is 5.54. The molecule has 0 radical (unpaired) electrons. The topological polar surface area (TPSA) is 46.6 Å². The molecule has 0 saturated carbocycles. The van der Waals surface area contributed by atoms with E-state index in [1.165, 1.54) is 13.8 Å². The summed E-state index contributed by atoms with van der Waals surface area (Å²) in [5.74, 6) is -2.70. The molecule has 0 N–H and O–H groups in total. The van der Waals surface area contributed by atoms with Gasteiger partial charge in [0, 0.05) is 5.56 Å². The van der Waals surface area contributed by atoms with Crippen molar-refractivity contribution >= 4 is 33.5 Å². The van der Waals surface area contributed by atoms with Crippen molar-refractivity contribution in [2.45, 2.75) is 45.6 Å². The van der Waals surface area contributed by atoms with E-state index < -0.39 is 41.1 Å². The van der Waals surface area contributed by atoms with E-state index in [0.29, 0.717) is 0 Å². The van der Waals surface area contributed by atoms with Crippen LogP contribution in [0.25, 0.3) is 0 Å². The summed E-state index contributed by atoms with van der Waals surface area (Å²) in [6, 6.07) is 0.949. The third-order valence-corrected chi connectivity index (χ3v) is 4.10. The number of benzene rings is 1. The lowest BCUT2D eigenvalue weighted by Gasteiger charge is -2.23. The summed E-state index contributed by atoms with van der Waals surface area (Å²) in [5, 5.41) is 0. The summed E-state index contributed by atoms with van der Waals surface area (Å²) >= 11 is 2.95. The minimum atomic E-state index is -1.27. The molecule has 1 aliphatic rings. The van der Waals surface area contributed by atoms with Crippen LogP contribution in [0.2, 0.25) is 0 Å². The SMILES string of the molecule is CC(C)(C)OC(=O)CN1C(=O)C(C)(C)c2c(F)c(Br)cc(F)c21. The zero-order valence-electron chi connectivity index (χ0n) is 13.6. The van der Waals surface area contributed by atoms with Crippen molar-refractivity contribution < 1.29 is 23.1 Å². The van der Waals surface area contributed by atoms with Gasteiger partial charge in [-0.25, -0.2) is 8.78 Å². The molecule has 1 aliphatic heterocycles. The van der Waals surface area contributed by atoms with Gasteiger partial charge in [-0.15, -0.1) is 0 Å². The van der Waals surface area contributed by atoms with Gasteiger partial charge in [0.15, 0.2) is 0 Å². The number of halogens is 3. The second-order valence-corrected chi connectivity index (χ2v) is 7.83. The van der Waals surface area contributed by atoms with E-state index in [4.69, 9.17) is 4.74 Å². The van der Waals surface area contributed by atoms with Gasteiger partial charge in [0.2, 0.25) is 5.91 Å².